The Morgan fingerprint density at radius 1 is 1.44 bits per heavy atom. The van der Waals surface area contributed by atoms with Crippen molar-refractivity contribution in [2.75, 3.05) is 11.4 Å². The van der Waals surface area contributed by atoms with Crippen molar-refractivity contribution < 1.29 is 9.59 Å². The molecule has 0 unspecified atom stereocenters. The first-order chi connectivity index (χ1) is 7.70. The van der Waals surface area contributed by atoms with Crippen molar-refractivity contribution in [3.05, 3.63) is 24.0 Å². The third kappa shape index (κ3) is 2.14. The zero-order valence-corrected chi connectivity index (χ0v) is 9.20. The minimum absolute atomic E-state index is 0.244. The summed E-state index contributed by atoms with van der Waals surface area (Å²) in [5, 5.41) is 2.25. The summed E-state index contributed by atoms with van der Waals surface area (Å²) in [6.45, 7) is 0.382. The van der Waals surface area contributed by atoms with Gasteiger partial charge in [-0.15, -0.1) is 11.6 Å². The van der Waals surface area contributed by atoms with Crippen LogP contribution < -0.4 is 10.2 Å². The second-order valence-corrected chi connectivity index (χ2v) is 3.66. The number of nitrogens with one attached hydrogen (secondary N) is 1. The molecule has 0 aromatic carbocycles. The van der Waals surface area contributed by atoms with Gasteiger partial charge in [0.15, 0.2) is 0 Å². The molecule has 1 aromatic heterocycles. The van der Waals surface area contributed by atoms with Crippen LogP contribution in [0.3, 0.4) is 0 Å². The van der Waals surface area contributed by atoms with E-state index >= 15 is 0 Å². The number of anilines is 1. The average Bonchev–Trinajstić information content (AvgIpc) is 2.29. The van der Waals surface area contributed by atoms with Crippen LogP contribution in [0.2, 0.25) is 0 Å². The largest absolute Gasteiger partial charge is 0.328 e. The van der Waals surface area contributed by atoms with Gasteiger partial charge < -0.3 is 0 Å². The minimum Gasteiger partial charge on any atom is -0.292 e. The molecule has 0 bridgehead atoms. The maximum atomic E-state index is 11.5. The summed E-state index contributed by atoms with van der Waals surface area (Å²) in [4.78, 5) is 28.0. The maximum Gasteiger partial charge on any atom is 0.328 e. The van der Waals surface area contributed by atoms with Gasteiger partial charge in [-0.05, 0) is 12.1 Å². The number of rotatable bonds is 2. The van der Waals surface area contributed by atoms with Crippen LogP contribution >= 0.6 is 11.6 Å². The van der Waals surface area contributed by atoms with E-state index in [1.807, 2.05) is 0 Å². The molecule has 2 heterocycles. The molecule has 84 valence electrons. The summed E-state index contributed by atoms with van der Waals surface area (Å²) >= 11 is 5.61. The molecular formula is C10H10ClN3O2. The molecule has 0 radical (unpaired) electrons. The first kappa shape index (κ1) is 10.9. The molecule has 1 aliphatic rings. The van der Waals surface area contributed by atoms with Crippen LogP contribution in [0.1, 0.15) is 12.1 Å². The monoisotopic (exact) mass is 239 g/mol. The molecule has 5 nitrogen and oxygen atoms in total. The minimum atomic E-state index is -0.406. The SMILES string of the molecule is O=C1CCN(c2ccc(CCl)nc2)C(=O)N1. The van der Waals surface area contributed by atoms with Gasteiger partial charge in [0.1, 0.15) is 0 Å². The Hall–Kier alpha value is -1.62. The highest BCUT2D eigenvalue weighted by Gasteiger charge is 2.24. The van der Waals surface area contributed by atoms with E-state index in [-0.39, 0.29) is 5.91 Å². The van der Waals surface area contributed by atoms with E-state index in [0.29, 0.717) is 24.5 Å². The van der Waals surface area contributed by atoms with Crippen LogP contribution in [-0.4, -0.2) is 23.5 Å². The Labute approximate surface area is 97.4 Å². The molecule has 0 spiro atoms. The topological polar surface area (TPSA) is 62.3 Å². The van der Waals surface area contributed by atoms with E-state index in [1.54, 1.807) is 18.3 Å². The van der Waals surface area contributed by atoms with Crippen molar-refractivity contribution in [3.63, 3.8) is 0 Å². The molecule has 3 amide bonds. The molecule has 1 aliphatic heterocycles. The number of hydrogen-bond acceptors (Lipinski definition) is 3. The number of pyridine rings is 1. The van der Waals surface area contributed by atoms with E-state index < -0.39 is 6.03 Å². The van der Waals surface area contributed by atoms with Gasteiger partial charge >= 0.3 is 6.03 Å². The molecule has 16 heavy (non-hydrogen) atoms. The number of aromatic nitrogens is 1. The number of urea groups is 1. The molecule has 0 atom stereocenters. The van der Waals surface area contributed by atoms with Crippen molar-refractivity contribution in [2.45, 2.75) is 12.3 Å². The van der Waals surface area contributed by atoms with Crippen molar-refractivity contribution in [3.8, 4) is 0 Å². The highest BCUT2D eigenvalue weighted by Crippen LogP contribution is 2.16. The number of imide groups is 1. The quantitative estimate of drug-likeness (QED) is 0.791. The van der Waals surface area contributed by atoms with Crippen LogP contribution in [0.4, 0.5) is 10.5 Å². The van der Waals surface area contributed by atoms with Gasteiger partial charge in [0.05, 0.1) is 23.5 Å². The number of hydrogen-bond donors (Lipinski definition) is 1. The predicted octanol–water partition coefficient (Wildman–Crippen LogP) is 1.27. The second-order valence-electron chi connectivity index (χ2n) is 3.40. The van der Waals surface area contributed by atoms with Gasteiger partial charge in [-0.2, -0.15) is 0 Å². The van der Waals surface area contributed by atoms with Crippen molar-refractivity contribution >= 4 is 29.2 Å². The Morgan fingerprint density at radius 2 is 2.25 bits per heavy atom. The van der Waals surface area contributed by atoms with E-state index in [0.717, 1.165) is 5.69 Å². The van der Waals surface area contributed by atoms with Crippen LogP contribution in [-0.2, 0) is 10.7 Å². The average molecular weight is 240 g/mol. The number of carbonyl (C=O) groups excluding carboxylic acids is 2. The van der Waals surface area contributed by atoms with Gasteiger partial charge in [0.25, 0.3) is 0 Å². The van der Waals surface area contributed by atoms with Gasteiger partial charge in [-0.3, -0.25) is 20.0 Å². The summed E-state index contributed by atoms with van der Waals surface area (Å²) in [5.41, 5.74) is 1.41. The fourth-order valence-electron chi connectivity index (χ4n) is 1.47. The molecule has 6 heteroatoms. The molecule has 1 fully saturated rings. The van der Waals surface area contributed by atoms with E-state index in [2.05, 4.69) is 10.3 Å². The van der Waals surface area contributed by atoms with Crippen LogP contribution in [0.5, 0.6) is 0 Å². The lowest BCUT2D eigenvalue weighted by Crippen LogP contribution is -2.49. The third-order valence-corrected chi connectivity index (χ3v) is 2.59. The van der Waals surface area contributed by atoms with Gasteiger partial charge in [0, 0.05) is 13.0 Å². The Morgan fingerprint density at radius 3 is 2.81 bits per heavy atom. The van der Waals surface area contributed by atoms with Gasteiger partial charge in [-0.1, -0.05) is 0 Å². The molecule has 0 aliphatic carbocycles. The lowest BCUT2D eigenvalue weighted by atomic mass is 10.2. The van der Waals surface area contributed by atoms with Crippen LogP contribution in [0.25, 0.3) is 0 Å². The summed E-state index contributed by atoms with van der Waals surface area (Å²) in [5.74, 6) is 0.0944. The highest BCUT2D eigenvalue weighted by molar-refractivity contribution is 6.16. The Bertz CT molecular complexity index is 419. The van der Waals surface area contributed by atoms with Crippen LogP contribution in [0, 0.1) is 0 Å². The zero-order valence-electron chi connectivity index (χ0n) is 8.44. The molecule has 1 saturated heterocycles. The van der Waals surface area contributed by atoms with Crippen molar-refractivity contribution in [2.24, 2.45) is 0 Å². The van der Waals surface area contributed by atoms with Gasteiger partial charge in [-0.25, -0.2) is 4.79 Å². The fourth-order valence-corrected chi connectivity index (χ4v) is 1.62. The summed E-state index contributed by atoms with van der Waals surface area (Å²) in [6, 6.07) is 3.11. The lowest BCUT2D eigenvalue weighted by Gasteiger charge is -2.26. The summed E-state index contributed by atoms with van der Waals surface area (Å²) in [6.07, 6.45) is 1.89. The lowest BCUT2D eigenvalue weighted by molar-refractivity contribution is -0.120. The molecule has 1 N–H and O–H groups in total. The molecule has 2 rings (SSSR count). The molecular weight excluding hydrogens is 230 g/mol. The number of amides is 3. The first-order valence-electron chi connectivity index (χ1n) is 4.83. The van der Waals surface area contributed by atoms with E-state index in [9.17, 15) is 9.59 Å². The zero-order chi connectivity index (χ0) is 11.5. The Balaban J connectivity index is 2.17. The summed E-state index contributed by atoms with van der Waals surface area (Å²) in [7, 11) is 0. The number of halogens is 1. The second kappa shape index (κ2) is 4.49. The first-order valence-corrected chi connectivity index (χ1v) is 5.36. The highest BCUT2D eigenvalue weighted by atomic mass is 35.5. The maximum absolute atomic E-state index is 11.5. The number of nitrogens with zero attached hydrogens (tertiary/aromatic N) is 2. The van der Waals surface area contributed by atoms with Crippen molar-refractivity contribution in [1.82, 2.24) is 10.3 Å². The van der Waals surface area contributed by atoms with Crippen LogP contribution in [0.15, 0.2) is 18.3 Å². The normalized spacial score (nSPS) is 16.2. The van der Waals surface area contributed by atoms with E-state index in [1.165, 1.54) is 4.90 Å². The predicted molar refractivity (Wildman–Crippen MR) is 59.3 cm³/mol. The van der Waals surface area contributed by atoms with E-state index in [4.69, 9.17) is 11.6 Å². The standard InChI is InChI=1S/C10H10ClN3O2/c11-5-7-1-2-8(6-12-7)14-4-3-9(15)13-10(14)16/h1-2,6H,3-5H2,(H,13,15,16). The third-order valence-electron chi connectivity index (χ3n) is 2.31. The number of alkyl halides is 1. The molecule has 1 aromatic rings. The van der Waals surface area contributed by atoms with Gasteiger partial charge in [0.2, 0.25) is 5.91 Å². The summed E-state index contributed by atoms with van der Waals surface area (Å²) < 4.78 is 0. The smallest absolute Gasteiger partial charge is 0.292 e. The Kier molecular flexibility index (Phi) is 3.05. The van der Waals surface area contributed by atoms with Crippen molar-refractivity contribution in [1.29, 1.82) is 0 Å². The number of carbonyl (C=O) groups is 2. The fraction of sp³-hybridized carbons (Fsp3) is 0.300. The molecule has 0 saturated carbocycles.